The van der Waals surface area contributed by atoms with E-state index in [9.17, 15) is 9.67 Å². The highest BCUT2D eigenvalue weighted by Crippen LogP contribution is 2.47. The van der Waals surface area contributed by atoms with Crippen LogP contribution in [0.25, 0.3) is 11.3 Å². The molecule has 10 heteroatoms. The third-order valence-corrected chi connectivity index (χ3v) is 7.40. The van der Waals surface area contributed by atoms with Crippen molar-refractivity contribution in [1.82, 2.24) is 9.99 Å². The molecule has 2 atom stereocenters. The predicted octanol–water partition coefficient (Wildman–Crippen LogP) is 3.96. The molecule has 0 amide bonds. The van der Waals surface area contributed by atoms with Crippen molar-refractivity contribution in [2.75, 3.05) is 26.1 Å². The summed E-state index contributed by atoms with van der Waals surface area (Å²) in [5.74, 6) is 6.71. The van der Waals surface area contributed by atoms with Crippen LogP contribution in [-0.4, -0.2) is 53.4 Å². The Hall–Kier alpha value is -2.62. The first kappa shape index (κ1) is 28.9. The number of hydrogen-bond donors (Lipinski definition) is 3. The molecule has 1 aromatic heterocycles. The Morgan fingerprint density at radius 1 is 0.973 bits per heavy atom. The molecule has 37 heavy (non-hydrogen) atoms. The van der Waals surface area contributed by atoms with Gasteiger partial charge in [-0.2, -0.15) is 0 Å². The molecule has 0 radical (unpaired) electrons. The number of ether oxygens (including phenoxy) is 1. The Bertz CT molecular complexity index is 1110. The van der Waals surface area contributed by atoms with E-state index < -0.39 is 19.7 Å². The molecule has 2 aromatic carbocycles. The van der Waals surface area contributed by atoms with Gasteiger partial charge in [-0.3, -0.25) is 15.4 Å². The van der Waals surface area contributed by atoms with E-state index in [-0.39, 0.29) is 26.1 Å². The number of nitrogens with two attached hydrogens (primary N) is 2. The van der Waals surface area contributed by atoms with E-state index >= 15 is 0 Å². The minimum absolute atomic E-state index is 0.162. The molecule has 9 nitrogen and oxygen atoms in total. The first-order valence-electron chi connectivity index (χ1n) is 12.4. The molecule has 0 aliphatic carbocycles. The zero-order valence-corrected chi connectivity index (χ0v) is 22.3. The van der Waals surface area contributed by atoms with E-state index in [1.165, 1.54) is 0 Å². The van der Waals surface area contributed by atoms with Crippen LogP contribution in [0.5, 0.6) is 5.75 Å². The van der Waals surface area contributed by atoms with Crippen molar-refractivity contribution in [2.45, 2.75) is 39.0 Å². The van der Waals surface area contributed by atoms with Gasteiger partial charge in [-0.15, -0.1) is 0 Å². The molecule has 0 aliphatic heterocycles. The summed E-state index contributed by atoms with van der Waals surface area (Å²) >= 11 is 0. The molecule has 0 saturated carbocycles. The van der Waals surface area contributed by atoms with Crippen molar-refractivity contribution in [3.63, 3.8) is 0 Å². The minimum atomic E-state index is -3.28. The fourth-order valence-corrected chi connectivity index (χ4v) is 5.10. The maximum Gasteiger partial charge on any atom is 0.367 e. The number of nitrogens with zero attached hydrogens (tertiary/aromatic N) is 2. The SMILES string of the molecule is CCOP(=O)(COc1ccc(C[C@H](N)[C@@H](O)CN(N)Cc2ccc(-c3ccccn3)cc2)cc1)OCC. The van der Waals surface area contributed by atoms with Gasteiger partial charge < -0.3 is 24.6 Å². The lowest BCUT2D eigenvalue weighted by Crippen LogP contribution is -2.46. The summed E-state index contributed by atoms with van der Waals surface area (Å²) in [5, 5.41) is 12.2. The summed E-state index contributed by atoms with van der Waals surface area (Å²) < 4.78 is 28.6. The Balaban J connectivity index is 1.46. The number of aliphatic hydroxyl groups is 1. The molecule has 3 aromatic rings. The molecule has 0 unspecified atom stereocenters. The highest BCUT2D eigenvalue weighted by atomic mass is 31.2. The first-order chi connectivity index (χ1) is 17.8. The summed E-state index contributed by atoms with van der Waals surface area (Å²) in [6.07, 6.45) is 1.26. The van der Waals surface area contributed by atoms with Gasteiger partial charge in [0.05, 0.1) is 25.0 Å². The van der Waals surface area contributed by atoms with E-state index in [1.54, 1.807) is 37.2 Å². The van der Waals surface area contributed by atoms with Crippen molar-refractivity contribution in [3.8, 4) is 17.0 Å². The second kappa shape index (κ2) is 14.4. The first-order valence-corrected chi connectivity index (χ1v) is 14.1. The Morgan fingerprint density at radius 3 is 2.22 bits per heavy atom. The van der Waals surface area contributed by atoms with Crippen molar-refractivity contribution >= 4 is 7.60 Å². The van der Waals surface area contributed by atoms with Gasteiger partial charge in [0.2, 0.25) is 0 Å². The molecule has 1 heterocycles. The van der Waals surface area contributed by atoms with E-state index in [4.69, 9.17) is 25.4 Å². The molecule has 0 saturated heterocycles. The maximum absolute atomic E-state index is 12.5. The normalized spacial score (nSPS) is 13.5. The second-order valence-electron chi connectivity index (χ2n) is 8.64. The Kier molecular flexibility index (Phi) is 11.2. The number of rotatable bonds is 15. The predicted molar refractivity (Wildman–Crippen MR) is 145 cm³/mol. The molecule has 0 spiro atoms. The molecule has 0 fully saturated rings. The number of hydrazine groups is 1. The van der Waals surface area contributed by atoms with Crippen LogP contribution in [0.3, 0.4) is 0 Å². The lowest BCUT2D eigenvalue weighted by molar-refractivity contribution is 0.0877. The smallest absolute Gasteiger partial charge is 0.367 e. The Morgan fingerprint density at radius 2 is 1.62 bits per heavy atom. The fourth-order valence-electron chi connectivity index (χ4n) is 3.78. The van der Waals surface area contributed by atoms with Crippen LogP contribution in [0.15, 0.2) is 72.9 Å². The van der Waals surface area contributed by atoms with Gasteiger partial charge in [-0.05, 0) is 55.7 Å². The molecule has 0 aliphatic rings. The standard InChI is InChI=1S/C27H37N4O5P/c1-3-35-37(33,36-4-2)20-34-24-14-10-21(11-15-24)17-25(28)27(32)19-31(29)18-22-8-12-23(13-9-22)26-7-5-6-16-30-26/h5-16,25,27,32H,3-4,17-20,28-29H2,1-2H3/t25-,27-/m0/s1. The topological polar surface area (TPSA) is 133 Å². The van der Waals surface area contributed by atoms with Gasteiger partial charge in [0, 0.05) is 30.9 Å². The summed E-state index contributed by atoms with van der Waals surface area (Å²) in [6, 6.07) is 20.6. The third-order valence-electron chi connectivity index (χ3n) is 5.65. The molecular weight excluding hydrogens is 491 g/mol. The van der Waals surface area contributed by atoms with Crippen LogP contribution >= 0.6 is 7.60 Å². The number of hydrogen-bond acceptors (Lipinski definition) is 9. The highest BCUT2D eigenvalue weighted by molar-refractivity contribution is 7.53. The maximum atomic E-state index is 12.5. The second-order valence-corrected chi connectivity index (χ2v) is 10.6. The van der Waals surface area contributed by atoms with Crippen LogP contribution in [-0.2, 0) is 26.6 Å². The summed E-state index contributed by atoms with van der Waals surface area (Å²) in [5.41, 5.74) is 10.2. The van der Waals surface area contributed by atoms with Gasteiger partial charge >= 0.3 is 7.60 Å². The molecule has 3 rings (SSSR count). The summed E-state index contributed by atoms with van der Waals surface area (Å²) in [7, 11) is -3.28. The number of pyridine rings is 1. The van der Waals surface area contributed by atoms with Crippen LogP contribution in [0, 0.1) is 0 Å². The number of aromatic nitrogens is 1. The van der Waals surface area contributed by atoms with E-state index in [2.05, 4.69) is 4.98 Å². The van der Waals surface area contributed by atoms with E-state index in [1.807, 2.05) is 54.6 Å². The van der Waals surface area contributed by atoms with Gasteiger partial charge in [0.25, 0.3) is 0 Å². The largest absolute Gasteiger partial charge is 0.481 e. The summed E-state index contributed by atoms with van der Waals surface area (Å²) in [4.78, 5) is 4.36. The quantitative estimate of drug-likeness (QED) is 0.152. The van der Waals surface area contributed by atoms with Crippen LogP contribution < -0.4 is 16.3 Å². The van der Waals surface area contributed by atoms with Gasteiger partial charge in [0.1, 0.15) is 5.75 Å². The molecule has 200 valence electrons. The average molecular weight is 529 g/mol. The van der Waals surface area contributed by atoms with Crippen molar-refractivity contribution in [2.24, 2.45) is 11.6 Å². The molecular formula is C27H37N4O5P. The van der Waals surface area contributed by atoms with Crippen LogP contribution in [0.1, 0.15) is 25.0 Å². The van der Waals surface area contributed by atoms with Gasteiger partial charge in [-0.1, -0.05) is 42.5 Å². The van der Waals surface area contributed by atoms with Crippen LogP contribution in [0.4, 0.5) is 0 Å². The monoisotopic (exact) mass is 528 g/mol. The lowest BCUT2D eigenvalue weighted by atomic mass is 10.0. The highest BCUT2D eigenvalue weighted by Gasteiger charge is 2.24. The van der Waals surface area contributed by atoms with Gasteiger partial charge in [-0.25, -0.2) is 5.01 Å². The van der Waals surface area contributed by atoms with Gasteiger partial charge in [0.15, 0.2) is 6.35 Å². The number of benzene rings is 2. The van der Waals surface area contributed by atoms with Crippen molar-refractivity contribution < 1.29 is 23.5 Å². The number of aliphatic hydroxyl groups excluding tert-OH is 1. The zero-order chi connectivity index (χ0) is 26.7. The molecule has 0 bridgehead atoms. The van der Waals surface area contributed by atoms with E-state index in [0.717, 1.165) is 22.4 Å². The lowest BCUT2D eigenvalue weighted by Gasteiger charge is -2.24. The zero-order valence-electron chi connectivity index (χ0n) is 21.4. The van der Waals surface area contributed by atoms with Crippen LogP contribution in [0.2, 0.25) is 0 Å². The summed E-state index contributed by atoms with van der Waals surface area (Å²) in [6.45, 7) is 4.77. The van der Waals surface area contributed by atoms with Crippen molar-refractivity contribution in [3.05, 3.63) is 84.1 Å². The Labute approximate surface area is 218 Å². The van der Waals surface area contributed by atoms with Crippen molar-refractivity contribution in [1.29, 1.82) is 0 Å². The molecule has 5 N–H and O–H groups in total. The third kappa shape index (κ3) is 9.32. The minimum Gasteiger partial charge on any atom is -0.481 e. The average Bonchev–Trinajstić information content (AvgIpc) is 2.89. The van der Waals surface area contributed by atoms with E-state index in [0.29, 0.717) is 18.7 Å². The fraction of sp³-hybridized carbons (Fsp3) is 0.370.